The summed E-state index contributed by atoms with van der Waals surface area (Å²) < 4.78 is 17.8. The summed E-state index contributed by atoms with van der Waals surface area (Å²) in [7, 11) is 4.72. The lowest BCUT2D eigenvalue weighted by atomic mass is 10.1. The summed E-state index contributed by atoms with van der Waals surface area (Å²) in [6, 6.07) is 16.5. The van der Waals surface area contributed by atoms with Gasteiger partial charge in [-0.2, -0.15) is 0 Å². The van der Waals surface area contributed by atoms with Crippen LogP contribution < -0.4 is 14.2 Å². The second-order valence-corrected chi connectivity index (χ2v) is 7.80. The maximum atomic E-state index is 13.0. The Morgan fingerprint density at radius 3 is 2.24 bits per heavy atom. The molecule has 4 rings (SSSR count). The van der Waals surface area contributed by atoms with E-state index in [4.69, 9.17) is 14.2 Å². The normalized spacial score (nSPS) is 10.6. The van der Waals surface area contributed by atoms with Crippen molar-refractivity contribution in [3.8, 4) is 34.3 Å². The number of carbonyl (C=O) groups is 1. The smallest absolute Gasteiger partial charge is 0.196 e. The minimum absolute atomic E-state index is 0.0887. The van der Waals surface area contributed by atoms with Gasteiger partial charge in [-0.1, -0.05) is 11.8 Å². The Morgan fingerprint density at radius 1 is 0.879 bits per heavy atom. The minimum Gasteiger partial charge on any atom is -0.497 e. The quantitative estimate of drug-likeness (QED) is 0.268. The number of hydrogen-bond donors (Lipinski definition) is 0. The van der Waals surface area contributed by atoms with Crippen molar-refractivity contribution in [1.82, 2.24) is 19.7 Å². The van der Waals surface area contributed by atoms with E-state index in [1.165, 1.54) is 18.9 Å². The molecule has 0 aliphatic rings. The molecule has 4 aromatic rings. The van der Waals surface area contributed by atoms with Crippen LogP contribution in [0.2, 0.25) is 0 Å². The van der Waals surface area contributed by atoms with Crippen molar-refractivity contribution in [1.29, 1.82) is 0 Å². The Morgan fingerprint density at radius 2 is 1.58 bits per heavy atom. The number of ketones is 1. The van der Waals surface area contributed by atoms with Gasteiger partial charge < -0.3 is 14.2 Å². The van der Waals surface area contributed by atoms with Gasteiger partial charge in [0.1, 0.15) is 17.2 Å². The Balaban J connectivity index is 1.65. The van der Waals surface area contributed by atoms with Gasteiger partial charge in [0.2, 0.25) is 0 Å². The summed E-state index contributed by atoms with van der Waals surface area (Å²) in [6.45, 7) is 0. The Bertz CT molecular complexity index is 1240. The van der Waals surface area contributed by atoms with Crippen LogP contribution >= 0.6 is 11.8 Å². The van der Waals surface area contributed by atoms with Crippen molar-refractivity contribution in [2.24, 2.45) is 0 Å². The number of aromatic nitrogens is 4. The molecular formula is C24H22N4O4S. The number of pyridine rings is 1. The maximum Gasteiger partial charge on any atom is 0.196 e. The first-order valence-corrected chi connectivity index (χ1v) is 11.0. The van der Waals surface area contributed by atoms with E-state index in [0.717, 1.165) is 17.0 Å². The Kier molecular flexibility index (Phi) is 6.89. The maximum absolute atomic E-state index is 13.0. The van der Waals surface area contributed by atoms with Crippen LogP contribution in [0.5, 0.6) is 17.2 Å². The van der Waals surface area contributed by atoms with E-state index in [1.54, 1.807) is 44.8 Å². The zero-order valence-corrected chi connectivity index (χ0v) is 19.2. The number of Topliss-reactive ketones (excluding diaryl/α,β-unsaturated/α-hetero) is 1. The van der Waals surface area contributed by atoms with Crippen molar-refractivity contribution in [2.75, 3.05) is 27.1 Å². The molecule has 2 aromatic carbocycles. The number of ether oxygens (including phenoxy) is 3. The predicted octanol–water partition coefficient (Wildman–Crippen LogP) is 4.33. The van der Waals surface area contributed by atoms with Gasteiger partial charge in [0.05, 0.1) is 32.6 Å². The summed E-state index contributed by atoms with van der Waals surface area (Å²) in [4.78, 5) is 17.1. The van der Waals surface area contributed by atoms with Crippen molar-refractivity contribution in [3.05, 3.63) is 72.6 Å². The fourth-order valence-electron chi connectivity index (χ4n) is 3.25. The number of methoxy groups -OCH3 is 3. The third kappa shape index (κ3) is 4.83. The van der Waals surface area contributed by atoms with E-state index < -0.39 is 0 Å². The highest BCUT2D eigenvalue weighted by atomic mass is 32.2. The summed E-state index contributed by atoms with van der Waals surface area (Å²) in [5.74, 6) is 2.56. The monoisotopic (exact) mass is 462 g/mol. The van der Waals surface area contributed by atoms with Crippen LogP contribution in [0.1, 0.15) is 10.4 Å². The Labute approximate surface area is 195 Å². The first kappa shape index (κ1) is 22.3. The average molecular weight is 463 g/mol. The van der Waals surface area contributed by atoms with Gasteiger partial charge in [-0.3, -0.25) is 14.3 Å². The van der Waals surface area contributed by atoms with Gasteiger partial charge in [0, 0.05) is 29.7 Å². The topological polar surface area (TPSA) is 88.4 Å². The summed E-state index contributed by atoms with van der Waals surface area (Å²) >= 11 is 1.31. The van der Waals surface area contributed by atoms with Crippen LogP contribution in [0.4, 0.5) is 0 Å². The molecule has 0 aliphatic heterocycles. The zero-order chi connectivity index (χ0) is 23.2. The van der Waals surface area contributed by atoms with Crippen LogP contribution in [0, 0.1) is 0 Å². The van der Waals surface area contributed by atoms with Gasteiger partial charge in [0.25, 0.3) is 0 Å². The third-order valence-electron chi connectivity index (χ3n) is 4.94. The number of hydrogen-bond acceptors (Lipinski definition) is 8. The molecule has 0 fully saturated rings. The molecule has 2 heterocycles. The fourth-order valence-corrected chi connectivity index (χ4v) is 4.09. The average Bonchev–Trinajstić information content (AvgIpc) is 3.31. The van der Waals surface area contributed by atoms with Crippen molar-refractivity contribution >= 4 is 17.5 Å². The third-order valence-corrected chi connectivity index (χ3v) is 5.87. The molecule has 0 N–H and O–H groups in total. The second kappa shape index (κ2) is 10.2. The molecule has 0 saturated carbocycles. The lowest BCUT2D eigenvalue weighted by Gasteiger charge is -2.12. The van der Waals surface area contributed by atoms with Crippen molar-refractivity contribution in [3.63, 3.8) is 0 Å². The molecule has 0 saturated heterocycles. The number of carbonyl (C=O) groups excluding carboxylic acids is 1. The lowest BCUT2D eigenvalue weighted by Crippen LogP contribution is -2.07. The van der Waals surface area contributed by atoms with E-state index >= 15 is 0 Å². The molecule has 0 radical (unpaired) electrons. The summed E-state index contributed by atoms with van der Waals surface area (Å²) in [6.07, 6.45) is 3.41. The molecular weight excluding hydrogens is 440 g/mol. The van der Waals surface area contributed by atoms with E-state index in [9.17, 15) is 4.79 Å². The molecule has 33 heavy (non-hydrogen) atoms. The fraction of sp³-hybridized carbons (Fsp3) is 0.167. The Hall–Kier alpha value is -3.85. The molecule has 0 bridgehead atoms. The van der Waals surface area contributed by atoms with Gasteiger partial charge in [-0.25, -0.2) is 0 Å². The molecule has 2 aromatic heterocycles. The molecule has 0 atom stereocenters. The molecule has 0 amide bonds. The number of thioether (sulfide) groups is 1. The van der Waals surface area contributed by atoms with Gasteiger partial charge >= 0.3 is 0 Å². The highest BCUT2D eigenvalue weighted by Crippen LogP contribution is 2.31. The molecule has 168 valence electrons. The summed E-state index contributed by atoms with van der Waals surface area (Å²) in [5.41, 5.74) is 2.20. The molecule has 0 aliphatic carbocycles. The van der Waals surface area contributed by atoms with E-state index in [2.05, 4.69) is 15.2 Å². The van der Waals surface area contributed by atoms with Crippen molar-refractivity contribution in [2.45, 2.75) is 5.16 Å². The van der Waals surface area contributed by atoms with E-state index in [1.807, 2.05) is 41.0 Å². The standard InChI is InChI=1S/C24H22N4O4S/c1-30-18-6-4-17(5-7-18)28-23(16-10-12-25-13-11-16)26-27-24(28)33-15-21(29)20-9-8-19(31-2)14-22(20)32-3/h4-14H,15H2,1-3H3. The van der Waals surface area contributed by atoms with Crippen LogP contribution in [0.3, 0.4) is 0 Å². The first-order chi connectivity index (χ1) is 16.1. The van der Waals surface area contributed by atoms with Crippen LogP contribution in [-0.4, -0.2) is 52.6 Å². The second-order valence-electron chi connectivity index (χ2n) is 6.85. The molecule has 8 nitrogen and oxygen atoms in total. The highest BCUT2D eigenvalue weighted by molar-refractivity contribution is 7.99. The number of nitrogens with zero attached hydrogens (tertiary/aromatic N) is 4. The van der Waals surface area contributed by atoms with Gasteiger partial charge in [-0.15, -0.1) is 10.2 Å². The predicted molar refractivity (Wildman–Crippen MR) is 126 cm³/mol. The van der Waals surface area contributed by atoms with Crippen LogP contribution in [0.15, 0.2) is 72.1 Å². The summed E-state index contributed by atoms with van der Waals surface area (Å²) in [5, 5.41) is 9.35. The molecule has 9 heteroatoms. The van der Waals surface area contributed by atoms with Gasteiger partial charge in [-0.05, 0) is 48.5 Å². The van der Waals surface area contributed by atoms with Crippen molar-refractivity contribution < 1.29 is 19.0 Å². The first-order valence-electron chi connectivity index (χ1n) is 10.0. The van der Waals surface area contributed by atoms with Crippen LogP contribution in [0.25, 0.3) is 17.1 Å². The van der Waals surface area contributed by atoms with Gasteiger partial charge in [0.15, 0.2) is 16.8 Å². The molecule has 0 spiro atoms. The van der Waals surface area contributed by atoms with E-state index in [-0.39, 0.29) is 11.5 Å². The number of rotatable bonds is 9. The SMILES string of the molecule is COc1ccc(-n2c(SCC(=O)c3ccc(OC)cc3OC)nnc2-c2ccncc2)cc1. The largest absolute Gasteiger partial charge is 0.497 e. The van der Waals surface area contributed by atoms with E-state index in [0.29, 0.717) is 28.0 Å². The zero-order valence-electron chi connectivity index (χ0n) is 18.4. The lowest BCUT2D eigenvalue weighted by molar-refractivity contribution is 0.101. The highest BCUT2D eigenvalue weighted by Gasteiger charge is 2.19. The molecule has 0 unspecified atom stereocenters. The number of benzene rings is 2. The van der Waals surface area contributed by atoms with Crippen LogP contribution in [-0.2, 0) is 0 Å². The minimum atomic E-state index is -0.0887.